The van der Waals surface area contributed by atoms with Gasteiger partial charge in [-0.05, 0) is 47.9 Å². The number of aryl methyl sites for hydroxylation is 2. The van der Waals surface area contributed by atoms with Crippen LogP contribution in [-0.4, -0.2) is 6.54 Å². The summed E-state index contributed by atoms with van der Waals surface area (Å²) in [6.07, 6.45) is 0. The molecule has 1 heteroatoms. The second-order valence-corrected chi connectivity index (χ2v) is 5.12. The van der Waals surface area contributed by atoms with Gasteiger partial charge in [0.1, 0.15) is 0 Å². The van der Waals surface area contributed by atoms with Crippen LogP contribution in [0.3, 0.4) is 0 Å². The van der Waals surface area contributed by atoms with Gasteiger partial charge in [-0.15, -0.1) is 0 Å². The third kappa shape index (κ3) is 1.93. The summed E-state index contributed by atoms with van der Waals surface area (Å²) in [6, 6.07) is 4.75. The normalized spacial score (nSPS) is 20.5. The average Bonchev–Trinajstić information content (AvgIpc) is 2.18. The largest absolute Gasteiger partial charge is 0.312 e. The van der Waals surface area contributed by atoms with Gasteiger partial charge in [-0.3, -0.25) is 0 Å². The zero-order chi connectivity index (χ0) is 11.0. The Morgan fingerprint density at radius 2 is 1.87 bits per heavy atom. The highest BCUT2D eigenvalue weighted by molar-refractivity contribution is 5.40. The molecule has 1 aromatic carbocycles. The maximum atomic E-state index is 3.52. The number of benzene rings is 1. The molecule has 1 atom stereocenters. The predicted octanol–water partition coefficient (Wildman–Crippen LogP) is 3.15. The number of nitrogens with one attached hydrogen (secondary N) is 1. The first-order valence-electron chi connectivity index (χ1n) is 5.90. The number of hydrogen-bond acceptors (Lipinski definition) is 1. The quantitative estimate of drug-likeness (QED) is 0.739. The van der Waals surface area contributed by atoms with Crippen LogP contribution in [0.1, 0.15) is 42.0 Å². The molecule has 1 aliphatic heterocycles. The molecule has 0 aliphatic carbocycles. The van der Waals surface area contributed by atoms with E-state index in [9.17, 15) is 0 Å². The topological polar surface area (TPSA) is 12.0 Å². The maximum absolute atomic E-state index is 3.52. The summed E-state index contributed by atoms with van der Waals surface area (Å²) in [5.41, 5.74) is 5.93. The predicted molar refractivity (Wildman–Crippen MR) is 65.2 cm³/mol. The Hall–Kier alpha value is -0.820. The summed E-state index contributed by atoms with van der Waals surface area (Å²) >= 11 is 0. The van der Waals surface area contributed by atoms with E-state index in [1.807, 2.05) is 0 Å². The van der Waals surface area contributed by atoms with Crippen molar-refractivity contribution in [2.75, 3.05) is 6.54 Å². The number of hydrogen-bond donors (Lipinski definition) is 1. The summed E-state index contributed by atoms with van der Waals surface area (Å²) in [6.45, 7) is 11.2. The summed E-state index contributed by atoms with van der Waals surface area (Å²) < 4.78 is 0. The molecule has 1 aliphatic rings. The number of rotatable bonds is 1. The van der Waals surface area contributed by atoms with Crippen LogP contribution in [0.2, 0.25) is 0 Å². The molecule has 0 spiro atoms. The molecule has 0 saturated heterocycles. The molecular formula is C14H21N. The van der Waals surface area contributed by atoms with E-state index in [0.717, 1.165) is 19.0 Å². The van der Waals surface area contributed by atoms with Gasteiger partial charge in [0.15, 0.2) is 0 Å². The van der Waals surface area contributed by atoms with Crippen LogP contribution in [-0.2, 0) is 6.54 Å². The fourth-order valence-corrected chi connectivity index (χ4v) is 2.46. The van der Waals surface area contributed by atoms with Gasteiger partial charge in [-0.2, -0.15) is 0 Å². The molecule has 1 heterocycles. The van der Waals surface area contributed by atoms with Gasteiger partial charge in [0, 0.05) is 13.1 Å². The van der Waals surface area contributed by atoms with Crippen LogP contribution in [0.4, 0.5) is 0 Å². The zero-order valence-electron chi connectivity index (χ0n) is 10.2. The van der Waals surface area contributed by atoms with Crippen LogP contribution < -0.4 is 5.32 Å². The van der Waals surface area contributed by atoms with E-state index in [2.05, 4.69) is 45.1 Å². The average molecular weight is 203 g/mol. The SMILES string of the molecule is Cc1cc2c(cc1C)C(C(C)C)CNC2. The zero-order valence-corrected chi connectivity index (χ0v) is 10.2. The van der Waals surface area contributed by atoms with Crippen LogP contribution in [0, 0.1) is 19.8 Å². The highest BCUT2D eigenvalue weighted by Gasteiger charge is 2.22. The first-order valence-corrected chi connectivity index (χ1v) is 5.90. The standard InChI is InChI=1S/C14H21N/c1-9(2)14-8-15-7-12-5-10(3)11(4)6-13(12)14/h5-6,9,14-15H,7-8H2,1-4H3. The fourth-order valence-electron chi connectivity index (χ4n) is 2.46. The van der Waals surface area contributed by atoms with E-state index >= 15 is 0 Å². The molecule has 0 fully saturated rings. The van der Waals surface area contributed by atoms with Gasteiger partial charge in [0.25, 0.3) is 0 Å². The minimum atomic E-state index is 0.688. The van der Waals surface area contributed by atoms with Crippen LogP contribution in [0.5, 0.6) is 0 Å². The van der Waals surface area contributed by atoms with Crippen molar-refractivity contribution in [3.63, 3.8) is 0 Å². The number of fused-ring (bicyclic) bond motifs is 1. The lowest BCUT2D eigenvalue weighted by molar-refractivity contribution is 0.435. The van der Waals surface area contributed by atoms with Crippen molar-refractivity contribution in [3.8, 4) is 0 Å². The molecule has 82 valence electrons. The summed E-state index contributed by atoms with van der Waals surface area (Å²) in [5.74, 6) is 1.41. The molecule has 1 unspecified atom stereocenters. The van der Waals surface area contributed by atoms with Crippen molar-refractivity contribution in [1.29, 1.82) is 0 Å². The Morgan fingerprint density at radius 3 is 2.53 bits per heavy atom. The van der Waals surface area contributed by atoms with Crippen molar-refractivity contribution >= 4 is 0 Å². The van der Waals surface area contributed by atoms with E-state index in [-0.39, 0.29) is 0 Å². The first kappa shape index (κ1) is 10.7. The van der Waals surface area contributed by atoms with Crippen molar-refractivity contribution < 1.29 is 0 Å². The molecule has 1 N–H and O–H groups in total. The van der Waals surface area contributed by atoms with E-state index in [1.54, 1.807) is 5.56 Å². The Kier molecular flexibility index (Phi) is 2.83. The monoisotopic (exact) mass is 203 g/mol. The van der Waals surface area contributed by atoms with Gasteiger partial charge in [0.2, 0.25) is 0 Å². The maximum Gasteiger partial charge on any atom is 0.0208 e. The minimum absolute atomic E-state index is 0.688. The first-order chi connectivity index (χ1) is 7.09. The highest BCUT2D eigenvalue weighted by Crippen LogP contribution is 2.31. The Bertz CT molecular complexity index is 366. The minimum Gasteiger partial charge on any atom is -0.312 e. The molecule has 0 amide bonds. The van der Waals surface area contributed by atoms with Gasteiger partial charge in [0.05, 0.1) is 0 Å². The van der Waals surface area contributed by atoms with Gasteiger partial charge in [-0.25, -0.2) is 0 Å². The van der Waals surface area contributed by atoms with Crippen LogP contribution in [0.15, 0.2) is 12.1 Å². The molecule has 0 radical (unpaired) electrons. The molecule has 15 heavy (non-hydrogen) atoms. The molecule has 0 bridgehead atoms. The lowest BCUT2D eigenvalue weighted by atomic mass is 9.81. The van der Waals surface area contributed by atoms with Crippen molar-refractivity contribution in [1.82, 2.24) is 5.32 Å². The van der Waals surface area contributed by atoms with Gasteiger partial charge >= 0.3 is 0 Å². The summed E-state index contributed by atoms with van der Waals surface area (Å²) in [4.78, 5) is 0. The molecular weight excluding hydrogens is 182 g/mol. The van der Waals surface area contributed by atoms with E-state index in [1.165, 1.54) is 16.7 Å². The molecule has 2 rings (SSSR count). The summed E-state index contributed by atoms with van der Waals surface area (Å²) in [5, 5.41) is 3.52. The Morgan fingerprint density at radius 1 is 1.20 bits per heavy atom. The molecule has 0 aromatic heterocycles. The van der Waals surface area contributed by atoms with Gasteiger partial charge < -0.3 is 5.32 Å². The van der Waals surface area contributed by atoms with Crippen molar-refractivity contribution in [3.05, 3.63) is 34.4 Å². The second-order valence-electron chi connectivity index (χ2n) is 5.12. The van der Waals surface area contributed by atoms with E-state index in [0.29, 0.717) is 5.92 Å². The Balaban J connectivity index is 2.47. The van der Waals surface area contributed by atoms with E-state index < -0.39 is 0 Å². The molecule has 0 saturated carbocycles. The fraction of sp³-hybridized carbons (Fsp3) is 0.571. The second kappa shape index (κ2) is 3.97. The molecule has 1 aromatic rings. The lowest BCUT2D eigenvalue weighted by Gasteiger charge is -2.30. The van der Waals surface area contributed by atoms with Crippen LogP contribution >= 0.6 is 0 Å². The van der Waals surface area contributed by atoms with Crippen molar-refractivity contribution in [2.45, 2.75) is 40.2 Å². The highest BCUT2D eigenvalue weighted by atomic mass is 14.9. The third-order valence-electron chi connectivity index (χ3n) is 3.64. The van der Waals surface area contributed by atoms with E-state index in [4.69, 9.17) is 0 Å². The van der Waals surface area contributed by atoms with Crippen molar-refractivity contribution in [2.24, 2.45) is 5.92 Å². The van der Waals surface area contributed by atoms with Crippen LogP contribution in [0.25, 0.3) is 0 Å². The third-order valence-corrected chi connectivity index (χ3v) is 3.64. The summed E-state index contributed by atoms with van der Waals surface area (Å²) in [7, 11) is 0. The Labute approximate surface area is 92.9 Å². The van der Waals surface area contributed by atoms with Gasteiger partial charge in [-0.1, -0.05) is 26.0 Å². The smallest absolute Gasteiger partial charge is 0.0208 e. The molecule has 1 nitrogen and oxygen atoms in total. The lowest BCUT2D eigenvalue weighted by Crippen LogP contribution is -2.31.